The SMILES string of the molecule is O=C(Cn1cc(Br)ccc1=O)NCc1ccc(Oc2cccc(F)c2)nc1. The molecule has 27 heavy (non-hydrogen) atoms. The molecule has 0 aliphatic rings. The van der Waals surface area contributed by atoms with Crippen molar-refractivity contribution in [3.05, 3.63) is 87.1 Å². The summed E-state index contributed by atoms with van der Waals surface area (Å²) in [5.74, 6) is -0.0222. The first kappa shape index (κ1) is 18.8. The number of nitrogens with one attached hydrogen (secondary N) is 1. The third-order valence-corrected chi connectivity index (χ3v) is 4.04. The first-order chi connectivity index (χ1) is 13.0. The van der Waals surface area contributed by atoms with Crippen molar-refractivity contribution in [3.8, 4) is 11.6 Å². The minimum absolute atomic E-state index is 0.0769. The number of halogens is 2. The van der Waals surface area contributed by atoms with Crippen LogP contribution in [-0.2, 0) is 17.9 Å². The normalized spacial score (nSPS) is 10.4. The van der Waals surface area contributed by atoms with Crippen LogP contribution in [0.2, 0.25) is 0 Å². The van der Waals surface area contributed by atoms with Gasteiger partial charge in [-0.1, -0.05) is 12.1 Å². The molecule has 138 valence electrons. The molecule has 8 heteroatoms. The van der Waals surface area contributed by atoms with Crippen LogP contribution in [-0.4, -0.2) is 15.5 Å². The fourth-order valence-electron chi connectivity index (χ4n) is 2.26. The first-order valence-corrected chi connectivity index (χ1v) is 8.80. The van der Waals surface area contributed by atoms with Crippen LogP contribution >= 0.6 is 15.9 Å². The summed E-state index contributed by atoms with van der Waals surface area (Å²) in [7, 11) is 0. The molecule has 1 N–H and O–H groups in total. The minimum atomic E-state index is -0.392. The van der Waals surface area contributed by atoms with Crippen LogP contribution in [0.3, 0.4) is 0 Å². The lowest BCUT2D eigenvalue weighted by Gasteiger charge is -2.08. The summed E-state index contributed by atoms with van der Waals surface area (Å²) in [4.78, 5) is 27.9. The second kappa shape index (κ2) is 8.59. The quantitative estimate of drug-likeness (QED) is 0.649. The van der Waals surface area contributed by atoms with Crippen molar-refractivity contribution < 1.29 is 13.9 Å². The Bertz CT molecular complexity index is 1010. The third-order valence-electron chi connectivity index (χ3n) is 3.57. The number of amides is 1. The Balaban J connectivity index is 1.54. The fourth-order valence-corrected chi connectivity index (χ4v) is 2.64. The molecule has 6 nitrogen and oxygen atoms in total. The van der Waals surface area contributed by atoms with E-state index < -0.39 is 5.82 Å². The highest BCUT2D eigenvalue weighted by atomic mass is 79.9. The van der Waals surface area contributed by atoms with E-state index in [4.69, 9.17) is 4.74 Å². The Morgan fingerprint density at radius 1 is 1.22 bits per heavy atom. The van der Waals surface area contributed by atoms with Gasteiger partial charge in [-0.15, -0.1) is 0 Å². The molecule has 0 radical (unpaired) electrons. The van der Waals surface area contributed by atoms with E-state index in [0.29, 0.717) is 16.1 Å². The third kappa shape index (κ3) is 5.49. The Labute approximate surface area is 162 Å². The number of nitrogens with zero attached hydrogens (tertiary/aromatic N) is 2. The Morgan fingerprint density at radius 3 is 2.81 bits per heavy atom. The van der Waals surface area contributed by atoms with Gasteiger partial charge >= 0.3 is 0 Å². The molecule has 1 amide bonds. The van der Waals surface area contributed by atoms with Crippen molar-refractivity contribution in [3.63, 3.8) is 0 Å². The summed E-state index contributed by atoms with van der Waals surface area (Å²) in [6.45, 7) is 0.182. The summed E-state index contributed by atoms with van der Waals surface area (Å²) in [6, 6.07) is 12.1. The molecule has 0 bridgehead atoms. The molecule has 0 saturated heterocycles. The molecule has 3 aromatic rings. The number of carbonyl (C=O) groups excluding carboxylic acids is 1. The topological polar surface area (TPSA) is 73.2 Å². The Kier molecular flexibility index (Phi) is 5.97. The maximum absolute atomic E-state index is 13.1. The van der Waals surface area contributed by atoms with Gasteiger partial charge in [0.1, 0.15) is 18.1 Å². The zero-order chi connectivity index (χ0) is 19.2. The summed E-state index contributed by atoms with van der Waals surface area (Å²) < 4.78 is 20.6. The van der Waals surface area contributed by atoms with Crippen LogP contribution in [0, 0.1) is 5.82 Å². The van der Waals surface area contributed by atoms with Gasteiger partial charge < -0.3 is 14.6 Å². The highest BCUT2D eigenvalue weighted by molar-refractivity contribution is 9.10. The molecule has 0 spiro atoms. The van der Waals surface area contributed by atoms with E-state index >= 15 is 0 Å². The largest absolute Gasteiger partial charge is 0.439 e. The molecule has 1 aromatic carbocycles. The lowest BCUT2D eigenvalue weighted by atomic mass is 10.3. The molecule has 2 aromatic heterocycles. The lowest BCUT2D eigenvalue weighted by molar-refractivity contribution is -0.121. The van der Waals surface area contributed by atoms with Crippen LogP contribution < -0.4 is 15.6 Å². The second-order valence-corrected chi connectivity index (χ2v) is 6.57. The van der Waals surface area contributed by atoms with Crippen LogP contribution in [0.5, 0.6) is 11.6 Å². The van der Waals surface area contributed by atoms with E-state index in [9.17, 15) is 14.0 Å². The summed E-state index contributed by atoms with van der Waals surface area (Å²) in [6.07, 6.45) is 3.11. The number of hydrogen-bond donors (Lipinski definition) is 1. The van der Waals surface area contributed by atoms with Gasteiger partial charge in [-0.3, -0.25) is 9.59 Å². The van der Waals surface area contributed by atoms with E-state index in [0.717, 1.165) is 5.56 Å². The van der Waals surface area contributed by atoms with Crippen molar-refractivity contribution in [1.82, 2.24) is 14.9 Å². The molecule has 0 fully saturated rings. The molecule has 0 aliphatic heterocycles. The van der Waals surface area contributed by atoms with Gasteiger partial charge in [-0.25, -0.2) is 9.37 Å². The monoisotopic (exact) mass is 431 g/mol. The number of hydrogen-bond acceptors (Lipinski definition) is 4. The van der Waals surface area contributed by atoms with Gasteiger partial charge in [0.05, 0.1) is 0 Å². The molecule has 0 unspecified atom stereocenters. The maximum Gasteiger partial charge on any atom is 0.251 e. The van der Waals surface area contributed by atoms with Crippen molar-refractivity contribution in [2.45, 2.75) is 13.1 Å². The molecule has 2 heterocycles. The van der Waals surface area contributed by atoms with E-state index in [1.165, 1.54) is 22.8 Å². The standard InChI is InChI=1S/C19H15BrFN3O3/c20-14-5-7-19(26)24(11-14)12-17(25)22-9-13-4-6-18(23-10-13)27-16-3-1-2-15(21)8-16/h1-8,10-11H,9,12H2,(H,22,25). The number of aromatic nitrogens is 2. The minimum Gasteiger partial charge on any atom is -0.439 e. The zero-order valence-electron chi connectivity index (χ0n) is 14.1. The number of pyridine rings is 2. The summed E-state index contributed by atoms with van der Waals surface area (Å²) >= 11 is 3.26. The Morgan fingerprint density at radius 2 is 2.07 bits per heavy atom. The molecule has 3 rings (SSSR count). The van der Waals surface area contributed by atoms with Gasteiger partial charge in [0.15, 0.2) is 0 Å². The molecular formula is C19H15BrFN3O3. The van der Waals surface area contributed by atoms with Gasteiger partial charge in [-0.2, -0.15) is 0 Å². The average molecular weight is 432 g/mol. The van der Waals surface area contributed by atoms with Crippen LogP contribution in [0.4, 0.5) is 4.39 Å². The van der Waals surface area contributed by atoms with Crippen molar-refractivity contribution in [1.29, 1.82) is 0 Å². The highest BCUT2D eigenvalue weighted by Crippen LogP contribution is 2.19. The number of benzene rings is 1. The highest BCUT2D eigenvalue weighted by Gasteiger charge is 2.06. The molecule has 0 saturated carbocycles. The van der Waals surface area contributed by atoms with Crippen LogP contribution in [0.25, 0.3) is 0 Å². The molecular weight excluding hydrogens is 417 g/mol. The van der Waals surface area contributed by atoms with Crippen LogP contribution in [0.15, 0.2) is 70.2 Å². The predicted octanol–water partition coefficient (Wildman–Crippen LogP) is 3.25. The number of rotatable bonds is 6. The number of ether oxygens (including phenoxy) is 1. The van der Waals surface area contributed by atoms with Crippen molar-refractivity contribution in [2.75, 3.05) is 0 Å². The molecule has 0 aliphatic carbocycles. The first-order valence-electron chi connectivity index (χ1n) is 8.01. The second-order valence-electron chi connectivity index (χ2n) is 5.65. The van der Waals surface area contributed by atoms with Crippen molar-refractivity contribution in [2.24, 2.45) is 0 Å². The van der Waals surface area contributed by atoms with Crippen LogP contribution in [0.1, 0.15) is 5.56 Å². The van der Waals surface area contributed by atoms with Gasteiger partial charge in [0, 0.05) is 41.6 Å². The number of carbonyl (C=O) groups is 1. The summed E-state index contributed by atoms with van der Waals surface area (Å²) in [5.41, 5.74) is 0.505. The van der Waals surface area contributed by atoms with E-state index in [2.05, 4.69) is 26.2 Å². The summed E-state index contributed by atoms with van der Waals surface area (Å²) in [5, 5.41) is 2.73. The van der Waals surface area contributed by atoms with Gasteiger partial charge in [-0.05, 0) is 39.7 Å². The Hall–Kier alpha value is -3.00. The van der Waals surface area contributed by atoms with Gasteiger partial charge in [0.2, 0.25) is 11.8 Å². The average Bonchev–Trinajstić information content (AvgIpc) is 2.64. The molecule has 0 atom stereocenters. The fraction of sp³-hybridized carbons (Fsp3) is 0.105. The lowest BCUT2D eigenvalue weighted by Crippen LogP contribution is -2.31. The zero-order valence-corrected chi connectivity index (χ0v) is 15.6. The maximum atomic E-state index is 13.1. The predicted molar refractivity (Wildman–Crippen MR) is 101 cm³/mol. The van der Waals surface area contributed by atoms with E-state index in [1.54, 1.807) is 42.7 Å². The van der Waals surface area contributed by atoms with E-state index in [1.807, 2.05) is 0 Å². The van der Waals surface area contributed by atoms with Gasteiger partial charge in [0.25, 0.3) is 5.56 Å². The van der Waals surface area contributed by atoms with E-state index in [-0.39, 0.29) is 24.6 Å². The smallest absolute Gasteiger partial charge is 0.251 e. The van der Waals surface area contributed by atoms with Crippen molar-refractivity contribution >= 4 is 21.8 Å².